The second kappa shape index (κ2) is 25.0. The van der Waals surface area contributed by atoms with Gasteiger partial charge in [-0.3, -0.25) is 0 Å². The van der Waals surface area contributed by atoms with Crippen LogP contribution >= 0.6 is 0 Å². The Morgan fingerprint density at radius 2 is 0.524 bits per heavy atom. The summed E-state index contributed by atoms with van der Waals surface area (Å²) in [6.07, 6.45) is 38.9. The lowest BCUT2D eigenvalue weighted by atomic mass is 9.72. The normalized spacial score (nSPS) is 33.8. The molecule has 6 saturated carbocycles. The van der Waals surface area contributed by atoms with E-state index >= 15 is 0 Å². The van der Waals surface area contributed by atoms with Crippen LogP contribution in [0.4, 0.5) is 0 Å². The fraction of sp³-hybridized carbons (Fsp3) is 0.714. The van der Waals surface area contributed by atoms with Crippen LogP contribution in [-0.4, -0.2) is 0 Å². The zero-order valence-electron chi connectivity index (χ0n) is 41.9. The number of rotatable bonds is 9. The van der Waals surface area contributed by atoms with Gasteiger partial charge < -0.3 is 0 Å². The Kier molecular flexibility index (Phi) is 19.3. The van der Waals surface area contributed by atoms with Crippen molar-refractivity contribution in [1.29, 1.82) is 0 Å². The summed E-state index contributed by atoms with van der Waals surface area (Å²) in [6, 6.07) is 28.7. The third-order valence-electron chi connectivity index (χ3n) is 18.5. The van der Waals surface area contributed by atoms with Gasteiger partial charge in [-0.25, -0.2) is 0 Å². The van der Waals surface area contributed by atoms with Crippen LogP contribution in [0.5, 0.6) is 0 Å². The van der Waals surface area contributed by atoms with Gasteiger partial charge in [-0.15, -0.1) is 0 Å². The van der Waals surface area contributed by atoms with E-state index in [1.807, 2.05) is 0 Å². The van der Waals surface area contributed by atoms with Crippen LogP contribution in [0.3, 0.4) is 0 Å². The summed E-state index contributed by atoms with van der Waals surface area (Å²) < 4.78 is 0. The van der Waals surface area contributed by atoms with Gasteiger partial charge in [0.15, 0.2) is 0 Å². The lowest BCUT2D eigenvalue weighted by Crippen LogP contribution is -2.21. The number of aryl methyl sites for hydroxylation is 1. The van der Waals surface area contributed by atoms with Crippen molar-refractivity contribution >= 4 is 0 Å². The number of hydrogen-bond donors (Lipinski definition) is 0. The molecule has 348 valence electrons. The summed E-state index contributed by atoms with van der Waals surface area (Å²) in [7, 11) is 0. The van der Waals surface area contributed by atoms with Crippen molar-refractivity contribution in [3.8, 4) is 0 Å². The summed E-state index contributed by atoms with van der Waals surface area (Å²) in [4.78, 5) is 0. The van der Waals surface area contributed by atoms with Crippen molar-refractivity contribution in [2.45, 2.75) is 233 Å². The number of hydrogen-bond acceptors (Lipinski definition) is 0. The summed E-state index contributed by atoms with van der Waals surface area (Å²) in [5.41, 5.74) is 9.31. The second-order valence-electron chi connectivity index (χ2n) is 24.0. The SMILES string of the molecule is CC1CCC(CC2CCC(Cc3ccc(C4CCC(C)CC4)cc3)CC2)CC1.CC1CCC(Cc2ccc(C3CCC(C)CC3)cc2)CC1.Cc1ccc(C2CCC(C)CC2)cc1. The average Bonchev–Trinajstić information content (AvgIpc) is 3.31. The largest absolute Gasteiger partial charge is 0.0625 e. The van der Waals surface area contributed by atoms with Crippen LogP contribution in [0.15, 0.2) is 72.8 Å². The summed E-state index contributed by atoms with van der Waals surface area (Å²) >= 11 is 0. The summed E-state index contributed by atoms with van der Waals surface area (Å²) in [6.45, 7) is 14.2. The molecule has 0 spiro atoms. The first-order valence-electron chi connectivity index (χ1n) is 27.9. The van der Waals surface area contributed by atoms with Gasteiger partial charge >= 0.3 is 0 Å². The van der Waals surface area contributed by atoms with Crippen molar-refractivity contribution in [3.63, 3.8) is 0 Å². The lowest BCUT2D eigenvalue weighted by Gasteiger charge is -2.33. The van der Waals surface area contributed by atoms with Gasteiger partial charge in [0.05, 0.1) is 0 Å². The Labute approximate surface area is 390 Å². The first-order chi connectivity index (χ1) is 30.6. The Morgan fingerprint density at radius 3 is 0.841 bits per heavy atom. The van der Waals surface area contributed by atoms with Gasteiger partial charge in [-0.1, -0.05) is 203 Å². The molecule has 0 unspecified atom stereocenters. The maximum absolute atomic E-state index is 2.46. The fourth-order valence-corrected chi connectivity index (χ4v) is 13.4. The molecule has 0 heterocycles. The highest BCUT2D eigenvalue weighted by atomic mass is 14.3. The first kappa shape index (κ1) is 48.6. The second-order valence-corrected chi connectivity index (χ2v) is 24.0. The van der Waals surface area contributed by atoms with Crippen molar-refractivity contribution in [2.24, 2.45) is 53.3 Å². The predicted octanol–water partition coefficient (Wildman–Crippen LogP) is 19.2. The molecule has 0 atom stereocenters. The smallest absolute Gasteiger partial charge is 0.0162 e. The Morgan fingerprint density at radius 1 is 0.286 bits per heavy atom. The van der Waals surface area contributed by atoms with Crippen LogP contribution < -0.4 is 0 Å². The minimum Gasteiger partial charge on any atom is -0.0625 e. The van der Waals surface area contributed by atoms with Crippen LogP contribution in [0.2, 0.25) is 0 Å². The van der Waals surface area contributed by atoms with E-state index in [0.29, 0.717) is 0 Å². The Balaban J connectivity index is 0.000000150. The molecule has 0 amide bonds. The van der Waals surface area contributed by atoms with Crippen molar-refractivity contribution in [3.05, 3.63) is 106 Å². The highest BCUT2D eigenvalue weighted by molar-refractivity contribution is 5.28. The summed E-state index contributed by atoms with van der Waals surface area (Å²) in [5.74, 6) is 11.3. The van der Waals surface area contributed by atoms with E-state index in [1.165, 1.54) is 173 Å². The highest BCUT2D eigenvalue weighted by Gasteiger charge is 2.27. The van der Waals surface area contributed by atoms with Gasteiger partial charge in [-0.2, -0.15) is 0 Å². The highest BCUT2D eigenvalue weighted by Crippen LogP contribution is 2.41. The topological polar surface area (TPSA) is 0 Å². The zero-order chi connectivity index (χ0) is 44.0. The van der Waals surface area contributed by atoms with Gasteiger partial charge in [0.25, 0.3) is 0 Å². The monoisotopic (exact) mass is 853 g/mol. The summed E-state index contributed by atoms with van der Waals surface area (Å²) in [5, 5.41) is 0. The van der Waals surface area contributed by atoms with Crippen LogP contribution in [-0.2, 0) is 12.8 Å². The third-order valence-corrected chi connectivity index (χ3v) is 18.5. The molecule has 0 aliphatic heterocycles. The molecule has 0 nitrogen and oxygen atoms in total. The van der Waals surface area contributed by atoms with Crippen LogP contribution in [0.25, 0.3) is 0 Å². The molecule has 6 aliphatic rings. The van der Waals surface area contributed by atoms with Crippen molar-refractivity contribution < 1.29 is 0 Å². The molecule has 9 rings (SSSR count). The molecule has 3 aromatic carbocycles. The molecule has 0 saturated heterocycles. The standard InChI is InChI=1S/C28H44.C21H32.C14H20/c1-21-3-7-23(8-4-21)19-24-9-11-25(12-10-24)20-26-13-17-28(18-14-26)27-15-5-22(2)6-16-27;1-16-3-7-18(8-4-16)15-19-9-13-21(14-10-19)20-11-5-17(2)6-12-20;1-11-3-7-13(8-4-11)14-9-5-12(2)6-10-14/h13-14,17-18,21-25,27H,3-12,15-16,19-20H2,1-2H3;9-10,13-14,16-18,20H,3-8,11-12,15H2,1-2H3;3-4,7-8,12,14H,5-6,9-10H2,1-2H3. The molecule has 63 heavy (non-hydrogen) atoms. The molecule has 0 bridgehead atoms. The average molecular weight is 853 g/mol. The van der Waals surface area contributed by atoms with Crippen molar-refractivity contribution in [2.75, 3.05) is 0 Å². The molecular weight excluding hydrogens is 757 g/mol. The molecule has 0 heteroatoms. The van der Waals surface area contributed by atoms with E-state index in [1.54, 1.807) is 34.2 Å². The van der Waals surface area contributed by atoms with E-state index in [9.17, 15) is 0 Å². The minimum absolute atomic E-state index is 0.837. The lowest BCUT2D eigenvalue weighted by molar-refractivity contribution is 0.195. The van der Waals surface area contributed by atoms with E-state index < -0.39 is 0 Å². The molecule has 3 aromatic rings. The van der Waals surface area contributed by atoms with Gasteiger partial charge in [0.1, 0.15) is 0 Å². The van der Waals surface area contributed by atoms with E-state index in [2.05, 4.69) is 114 Å². The van der Waals surface area contributed by atoms with Gasteiger partial charge in [0, 0.05) is 0 Å². The van der Waals surface area contributed by atoms with Gasteiger partial charge in [0.2, 0.25) is 0 Å². The first-order valence-corrected chi connectivity index (χ1v) is 27.9. The number of benzene rings is 3. The minimum atomic E-state index is 0.837. The van der Waals surface area contributed by atoms with E-state index in [4.69, 9.17) is 0 Å². The molecule has 0 radical (unpaired) electrons. The van der Waals surface area contributed by atoms with Crippen LogP contribution in [0.1, 0.15) is 246 Å². The molecular formula is C63H96. The van der Waals surface area contributed by atoms with Gasteiger partial charge in [-0.05, 0) is 189 Å². The molecule has 6 aliphatic carbocycles. The third kappa shape index (κ3) is 15.9. The molecule has 6 fully saturated rings. The zero-order valence-corrected chi connectivity index (χ0v) is 41.9. The van der Waals surface area contributed by atoms with E-state index in [0.717, 1.165) is 71.0 Å². The fourth-order valence-electron chi connectivity index (χ4n) is 13.4. The Hall–Kier alpha value is -2.34. The Bertz CT molecular complexity index is 1650. The quantitative estimate of drug-likeness (QED) is 0.201. The predicted molar refractivity (Wildman–Crippen MR) is 275 cm³/mol. The maximum Gasteiger partial charge on any atom is -0.0162 e. The molecule has 0 aromatic heterocycles. The molecule has 0 N–H and O–H groups in total. The van der Waals surface area contributed by atoms with E-state index in [-0.39, 0.29) is 0 Å². The van der Waals surface area contributed by atoms with Crippen LogP contribution in [0, 0.1) is 60.2 Å². The van der Waals surface area contributed by atoms with Crippen molar-refractivity contribution in [1.82, 2.24) is 0 Å². The maximum atomic E-state index is 2.46.